The fraction of sp³-hybridized carbons (Fsp3) is 0.316. The minimum absolute atomic E-state index is 0.0711. The number of nitrogens with one attached hydrogen (secondary N) is 1. The second kappa shape index (κ2) is 9.11. The number of anilines is 1. The summed E-state index contributed by atoms with van der Waals surface area (Å²) < 4.78 is 60.1. The Balaban J connectivity index is 2.46. The summed E-state index contributed by atoms with van der Waals surface area (Å²) in [4.78, 5) is 12.2. The number of halogens is 2. The summed E-state index contributed by atoms with van der Waals surface area (Å²) in [5, 5.41) is 2.34. The average molecular weight is 412 g/mol. The van der Waals surface area contributed by atoms with Gasteiger partial charge < -0.3 is 10.1 Å². The third kappa shape index (κ3) is 4.48. The number of hydrogen-bond donors (Lipinski definition) is 1. The van der Waals surface area contributed by atoms with Crippen LogP contribution in [-0.4, -0.2) is 38.3 Å². The summed E-state index contributed by atoms with van der Waals surface area (Å²) in [6.07, 6.45) is 0. The SMILES string of the molecule is CCOc1ccc(NC(=O)c2c(F)cccc2F)cc1S(=O)(=O)N(CC)CC. The third-order valence-electron chi connectivity index (χ3n) is 4.01. The molecule has 0 radical (unpaired) electrons. The molecule has 0 saturated heterocycles. The number of amides is 1. The molecule has 1 amide bonds. The van der Waals surface area contributed by atoms with Crippen LogP contribution in [0.25, 0.3) is 0 Å². The van der Waals surface area contributed by atoms with E-state index >= 15 is 0 Å². The lowest BCUT2D eigenvalue weighted by Gasteiger charge is -2.21. The molecule has 0 aliphatic heterocycles. The Morgan fingerprint density at radius 3 is 2.21 bits per heavy atom. The lowest BCUT2D eigenvalue weighted by Crippen LogP contribution is -2.31. The monoisotopic (exact) mass is 412 g/mol. The van der Waals surface area contributed by atoms with Crippen LogP contribution in [0.2, 0.25) is 0 Å². The maximum atomic E-state index is 13.8. The fourth-order valence-electron chi connectivity index (χ4n) is 2.67. The van der Waals surface area contributed by atoms with E-state index < -0.39 is 33.1 Å². The van der Waals surface area contributed by atoms with Crippen LogP contribution in [0.1, 0.15) is 31.1 Å². The summed E-state index contributed by atoms with van der Waals surface area (Å²) in [7, 11) is -3.88. The van der Waals surface area contributed by atoms with E-state index in [0.29, 0.717) is 0 Å². The van der Waals surface area contributed by atoms with Crippen molar-refractivity contribution in [2.75, 3.05) is 25.0 Å². The number of hydrogen-bond acceptors (Lipinski definition) is 4. The van der Waals surface area contributed by atoms with Gasteiger partial charge in [0.15, 0.2) is 0 Å². The molecule has 0 aliphatic carbocycles. The van der Waals surface area contributed by atoms with Gasteiger partial charge in [-0.2, -0.15) is 4.31 Å². The van der Waals surface area contributed by atoms with Crippen LogP contribution < -0.4 is 10.1 Å². The average Bonchev–Trinajstić information content (AvgIpc) is 2.63. The van der Waals surface area contributed by atoms with Crippen molar-refractivity contribution in [3.63, 3.8) is 0 Å². The molecule has 0 aromatic heterocycles. The van der Waals surface area contributed by atoms with Crippen molar-refractivity contribution in [2.24, 2.45) is 0 Å². The molecule has 9 heteroatoms. The molecular weight excluding hydrogens is 390 g/mol. The van der Waals surface area contributed by atoms with Crippen molar-refractivity contribution in [1.29, 1.82) is 0 Å². The molecule has 0 saturated carbocycles. The van der Waals surface area contributed by atoms with Gasteiger partial charge in [0.2, 0.25) is 10.0 Å². The molecule has 2 aromatic carbocycles. The van der Waals surface area contributed by atoms with Gasteiger partial charge in [0.25, 0.3) is 5.91 Å². The first kappa shape index (κ1) is 21.8. The lowest BCUT2D eigenvalue weighted by molar-refractivity contribution is 0.101. The second-order valence-corrected chi connectivity index (χ2v) is 7.64. The fourth-order valence-corrected chi connectivity index (χ4v) is 4.29. The Morgan fingerprint density at radius 1 is 1.07 bits per heavy atom. The van der Waals surface area contributed by atoms with Gasteiger partial charge in [0.1, 0.15) is 27.8 Å². The predicted octanol–water partition coefficient (Wildman–Crippen LogP) is 3.65. The number of benzene rings is 2. The molecule has 0 aliphatic rings. The zero-order chi connectivity index (χ0) is 20.9. The Labute approximate surface area is 163 Å². The standard InChI is InChI=1S/C19H22F2N2O4S/c1-4-23(5-2)28(25,26)17-12-13(10-11-16(17)27-6-3)22-19(24)18-14(20)8-7-9-15(18)21/h7-12H,4-6H2,1-3H3,(H,22,24). The van der Waals surface area contributed by atoms with E-state index in [2.05, 4.69) is 5.32 Å². The highest BCUT2D eigenvalue weighted by molar-refractivity contribution is 7.89. The smallest absolute Gasteiger partial charge is 0.261 e. The van der Waals surface area contributed by atoms with Gasteiger partial charge in [0.05, 0.1) is 6.61 Å². The van der Waals surface area contributed by atoms with Crippen LogP contribution in [0.3, 0.4) is 0 Å². The highest BCUT2D eigenvalue weighted by Gasteiger charge is 2.27. The van der Waals surface area contributed by atoms with Crippen molar-refractivity contribution in [3.05, 3.63) is 53.6 Å². The molecule has 0 heterocycles. The molecule has 0 atom stereocenters. The van der Waals surface area contributed by atoms with Gasteiger partial charge in [-0.3, -0.25) is 4.79 Å². The van der Waals surface area contributed by atoms with Gasteiger partial charge in [-0.15, -0.1) is 0 Å². The van der Waals surface area contributed by atoms with Gasteiger partial charge in [-0.1, -0.05) is 19.9 Å². The molecule has 2 aromatic rings. The topological polar surface area (TPSA) is 75.7 Å². The normalized spacial score (nSPS) is 11.5. The van der Waals surface area contributed by atoms with Gasteiger partial charge >= 0.3 is 0 Å². The Hall–Kier alpha value is -2.52. The van der Waals surface area contributed by atoms with E-state index in [0.717, 1.165) is 18.2 Å². The number of ether oxygens (including phenoxy) is 1. The molecule has 6 nitrogen and oxygen atoms in total. The molecule has 2 rings (SSSR count). The zero-order valence-electron chi connectivity index (χ0n) is 15.8. The number of carbonyl (C=O) groups excluding carboxylic acids is 1. The quantitative estimate of drug-likeness (QED) is 0.718. The minimum atomic E-state index is -3.88. The third-order valence-corrected chi connectivity index (χ3v) is 6.09. The maximum absolute atomic E-state index is 13.8. The summed E-state index contributed by atoms with van der Waals surface area (Å²) in [5.41, 5.74) is -0.675. The number of rotatable bonds is 8. The molecule has 0 unspecified atom stereocenters. The first-order chi connectivity index (χ1) is 13.3. The summed E-state index contributed by atoms with van der Waals surface area (Å²) in [6, 6.07) is 7.09. The van der Waals surface area contributed by atoms with Gasteiger partial charge in [-0.05, 0) is 37.3 Å². The van der Waals surface area contributed by atoms with E-state index in [4.69, 9.17) is 4.74 Å². The summed E-state index contributed by atoms with van der Waals surface area (Å²) in [5.74, 6) is -2.92. The van der Waals surface area contributed by atoms with Crippen LogP contribution in [0.5, 0.6) is 5.75 Å². The molecule has 152 valence electrons. The van der Waals surface area contributed by atoms with Crippen molar-refractivity contribution in [3.8, 4) is 5.75 Å². The highest BCUT2D eigenvalue weighted by atomic mass is 32.2. The molecule has 0 bridgehead atoms. The lowest BCUT2D eigenvalue weighted by atomic mass is 10.1. The van der Waals surface area contributed by atoms with E-state index in [9.17, 15) is 22.0 Å². The van der Waals surface area contributed by atoms with Crippen LogP contribution in [0.4, 0.5) is 14.5 Å². The van der Waals surface area contributed by atoms with Crippen molar-refractivity contribution < 1.29 is 26.7 Å². The van der Waals surface area contributed by atoms with Crippen molar-refractivity contribution in [1.82, 2.24) is 4.31 Å². The van der Waals surface area contributed by atoms with Crippen molar-refractivity contribution >= 4 is 21.6 Å². The highest BCUT2D eigenvalue weighted by Crippen LogP contribution is 2.30. The molecule has 0 fully saturated rings. The van der Waals surface area contributed by atoms with Crippen molar-refractivity contribution in [2.45, 2.75) is 25.7 Å². The Bertz CT molecular complexity index is 940. The van der Waals surface area contributed by atoms with E-state index in [1.165, 1.54) is 22.5 Å². The van der Waals surface area contributed by atoms with Gasteiger partial charge in [-0.25, -0.2) is 17.2 Å². The Kier molecular flexibility index (Phi) is 7.09. The summed E-state index contributed by atoms with van der Waals surface area (Å²) in [6.45, 7) is 5.86. The van der Waals surface area contributed by atoms with Crippen LogP contribution in [-0.2, 0) is 10.0 Å². The number of nitrogens with zero attached hydrogens (tertiary/aromatic N) is 1. The second-order valence-electron chi connectivity index (χ2n) is 5.73. The maximum Gasteiger partial charge on any atom is 0.261 e. The molecule has 1 N–H and O–H groups in total. The first-order valence-electron chi connectivity index (χ1n) is 8.78. The minimum Gasteiger partial charge on any atom is -0.492 e. The van der Waals surface area contributed by atoms with Gasteiger partial charge in [0, 0.05) is 18.8 Å². The zero-order valence-corrected chi connectivity index (χ0v) is 16.6. The van der Waals surface area contributed by atoms with E-state index in [1.54, 1.807) is 20.8 Å². The molecule has 0 spiro atoms. The van der Waals surface area contributed by atoms with E-state index in [-0.39, 0.29) is 36.0 Å². The predicted molar refractivity (Wildman–Crippen MR) is 102 cm³/mol. The van der Waals surface area contributed by atoms with Crippen LogP contribution in [0.15, 0.2) is 41.3 Å². The van der Waals surface area contributed by atoms with Crippen LogP contribution >= 0.6 is 0 Å². The largest absolute Gasteiger partial charge is 0.492 e. The first-order valence-corrected chi connectivity index (χ1v) is 10.2. The van der Waals surface area contributed by atoms with Crippen LogP contribution in [0, 0.1) is 11.6 Å². The molecule has 28 heavy (non-hydrogen) atoms. The Morgan fingerprint density at radius 2 is 1.68 bits per heavy atom. The number of sulfonamides is 1. The molecular formula is C19H22F2N2O4S. The van der Waals surface area contributed by atoms with E-state index in [1.807, 2.05) is 0 Å². The summed E-state index contributed by atoms with van der Waals surface area (Å²) >= 11 is 0. The number of carbonyl (C=O) groups is 1.